The van der Waals surface area contributed by atoms with Gasteiger partial charge in [-0.2, -0.15) is 0 Å². The van der Waals surface area contributed by atoms with Crippen LogP contribution in [0.2, 0.25) is 0 Å². The van der Waals surface area contributed by atoms with Gasteiger partial charge in [-0.3, -0.25) is 14.6 Å². The van der Waals surface area contributed by atoms with Crippen LogP contribution in [-0.4, -0.2) is 43.5 Å². The van der Waals surface area contributed by atoms with E-state index >= 15 is 0 Å². The predicted octanol–water partition coefficient (Wildman–Crippen LogP) is 0.160. The van der Waals surface area contributed by atoms with E-state index in [4.69, 9.17) is 0 Å². The number of anilines is 1. The van der Waals surface area contributed by atoms with E-state index < -0.39 is 11.8 Å². The second-order valence-corrected chi connectivity index (χ2v) is 4.92. The number of pyridine rings is 1. The lowest BCUT2D eigenvalue weighted by Gasteiger charge is -2.33. The van der Waals surface area contributed by atoms with E-state index in [0.29, 0.717) is 12.5 Å². The zero-order valence-corrected chi connectivity index (χ0v) is 11.6. The van der Waals surface area contributed by atoms with Crippen molar-refractivity contribution in [1.29, 1.82) is 0 Å². The van der Waals surface area contributed by atoms with Crippen LogP contribution in [0.15, 0.2) is 24.5 Å². The lowest BCUT2D eigenvalue weighted by Crippen LogP contribution is -2.43. The number of carbonyl (C=O) groups is 2. The van der Waals surface area contributed by atoms with Gasteiger partial charge in [-0.1, -0.05) is 0 Å². The Labute approximate surface area is 118 Å². The summed E-state index contributed by atoms with van der Waals surface area (Å²) in [5, 5.41) is 4.99. The fourth-order valence-electron chi connectivity index (χ4n) is 2.38. The van der Waals surface area contributed by atoms with Crippen molar-refractivity contribution in [3.63, 3.8) is 0 Å². The summed E-state index contributed by atoms with van der Waals surface area (Å²) >= 11 is 0. The molecule has 0 atom stereocenters. The molecule has 0 radical (unpaired) electrons. The minimum absolute atomic E-state index is 0.432. The molecule has 0 aromatic carbocycles. The van der Waals surface area contributed by atoms with Crippen molar-refractivity contribution < 1.29 is 9.59 Å². The number of aromatic nitrogens is 1. The Kier molecular flexibility index (Phi) is 4.92. The highest BCUT2D eigenvalue weighted by Gasteiger charge is 2.21. The zero-order chi connectivity index (χ0) is 14.4. The van der Waals surface area contributed by atoms with Gasteiger partial charge in [0.2, 0.25) is 0 Å². The Morgan fingerprint density at radius 3 is 2.50 bits per heavy atom. The monoisotopic (exact) mass is 276 g/mol. The summed E-state index contributed by atoms with van der Waals surface area (Å²) < 4.78 is 0. The van der Waals surface area contributed by atoms with Gasteiger partial charge in [0.15, 0.2) is 0 Å². The molecule has 0 spiro atoms. The van der Waals surface area contributed by atoms with Crippen molar-refractivity contribution in [2.24, 2.45) is 5.92 Å². The van der Waals surface area contributed by atoms with Crippen molar-refractivity contribution in [3.8, 4) is 0 Å². The molecule has 1 saturated heterocycles. The van der Waals surface area contributed by atoms with E-state index in [9.17, 15) is 9.59 Å². The van der Waals surface area contributed by atoms with Gasteiger partial charge in [-0.25, -0.2) is 0 Å². The number of rotatable bonds is 3. The van der Waals surface area contributed by atoms with E-state index in [0.717, 1.165) is 25.9 Å². The van der Waals surface area contributed by atoms with Gasteiger partial charge in [-0.15, -0.1) is 0 Å². The van der Waals surface area contributed by atoms with Gasteiger partial charge in [0.25, 0.3) is 0 Å². The summed E-state index contributed by atoms with van der Waals surface area (Å²) in [4.78, 5) is 28.8. The number of likely N-dealkylation sites (N-methyl/N-ethyl adjacent to an activating group) is 1. The van der Waals surface area contributed by atoms with Gasteiger partial charge in [-0.05, 0) is 30.9 Å². The van der Waals surface area contributed by atoms with E-state index in [1.807, 2.05) is 12.1 Å². The van der Waals surface area contributed by atoms with Crippen LogP contribution < -0.4 is 15.5 Å². The zero-order valence-electron chi connectivity index (χ0n) is 11.6. The second kappa shape index (κ2) is 6.88. The van der Waals surface area contributed by atoms with E-state index in [1.165, 1.54) is 12.7 Å². The number of piperidine rings is 1. The number of hydrogen-bond acceptors (Lipinski definition) is 4. The molecule has 2 rings (SSSR count). The molecule has 1 aliphatic rings. The highest BCUT2D eigenvalue weighted by molar-refractivity contribution is 6.34. The summed E-state index contributed by atoms with van der Waals surface area (Å²) in [5.74, 6) is -0.704. The summed E-state index contributed by atoms with van der Waals surface area (Å²) in [6, 6.07) is 4.02. The normalized spacial score (nSPS) is 15.8. The first-order chi connectivity index (χ1) is 9.70. The summed E-state index contributed by atoms with van der Waals surface area (Å²) in [6.45, 7) is 2.49. The Morgan fingerprint density at radius 2 is 1.90 bits per heavy atom. The summed E-state index contributed by atoms with van der Waals surface area (Å²) in [7, 11) is 1.45. The maximum atomic E-state index is 11.4. The molecule has 6 heteroatoms. The van der Waals surface area contributed by atoms with Crippen LogP contribution in [-0.2, 0) is 9.59 Å². The van der Waals surface area contributed by atoms with Crippen molar-refractivity contribution in [1.82, 2.24) is 15.6 Å². The molecule has 0 unspecified atom stereocenters. The number of nitrogens with zero attached hydrogens (tertiary/aromatic N) is 2. The van der Waals surface area contributed by atoms with Crippen LogP contribution >= 0.6 is 0 Å². The molecular weight excluding hydrogens is 256 g/mol. The highest BCUT2D eigenvalue weighted by Crippen LogP contribution is 2.22. The van der Waals surface area contributed by atoms with Gasteiger partial charge < -0.3 is 15.5 Å². The van der Waals surface area contributed by atoms with Gasteiger partial charge >= 0.3 is 11.8 Å². The van der Waals surface area contributed by atoms with Gasteiger partial charge in [0, 0.05) is 44.8 Å². The average Bonchev–Trinajstić information content (AvgIpc) is 2.53. The average molecular weight is 276 g/mol. The van der Waals surface area contributed by atoms with Crippen LogP contribution in [0, 0.1) is 5.92 Å². The number of carbonyl (C=O) groups excluding carboxylic acids is 2. The van der Waals surface area contributed by atoms with Crippen LogP contribution in [0.3, 0.4) is 0 Å². The number of nitrogens with one attached hydrogen (secondary N) is 2. The minimum Gasteiger partial charge on any atom is -0.371 e. The van der Waals surface area contributed by atoms with Gasteiger partial charge in [0.1, 0.15) is 0 Å². The van der Waals surface area contributed by atoms with Crippen molar-refractivity contribution in [2.45, 2.75) is 12.8 Å². The summed E-state index contributed by atoms with van der Waals surface area (Å²) in [5.41, 5.74) is 1.19. The first kappa shape index (κ1) is 14.3. The molecule has 1 fully saturated rings. The molecule has 2 heterocycles. The van der Waals surface area contributed by atoms with Gasteiger partial charge in [0.05, 0.1) is 0 Å². The van der Waals surface area contributed by atoms with Crippen LogP contribution in [0.1, 0.15) is 12.8 Å². The Bertz CT molecular complexity index is 456. The molecule has 1 aromatic heterocycles. The molecular formula is C14H20N4O2. The second-order valence-electron chi connectivity index (χ2n) is 4.92. The maximum Gasteiger partial charge on any atom is 0.309 e. The third-order valence-corrected chi connectivity index (χ3v) is 3.63. The first-order valence-corrected chi connectivity index (χ1v) is 6.85. The van der Waals surface area contributed by atoms with Crippen LogP contribution in [0.4, 0.5) is 5.69 Å². The number of amides is 2. The topological polar surface area (TPSA) is 74.3 Å². The van der Waals surface area contributed by atoms with Crippen molar-refractivity contribution in [2.75, 3.05) is 31.6 Å². The molecule has 1 aromatic rings. The minimum atomic E-state index is -0.584. The Hall–Kier alpha value is -2.11. The van der Waals surface area contributed by atoms with Crippen molar-refractivity contribution >= 4 is 17.5 Å². The third-order valence-electron chi connectivity index (χ3n) is 3.63. The summed E-state index contributed by atoms with van der Waals surface area (Å²) in [6.07, 6.45) is 5.61. The lowest BCUT2D eigenvalue weighted by atomic mass is 9.96. The molecule has 1 aliphatic heterocycles. The Balaban J connectivity index is 1.75. The largest absolute Gasteiger partial charge is 0.371 e. The highest BCUT2D eigenvalue weighted by atomic mass is 16.2. The van der Waals surface area contributed by atoms with Crippen LogP contribution in [0.25, 0.3) is 0 Å². The molecule has 0 bridgehead atoms. The SMILES string of the molecule is CNC(=O)C(=O)NCC1CCN(c2ccncc2)CC1. The predicted molar refractivity (Wildman–Crippen MR) is 76.3 cm³/mol. The van der Waals surface area contributed by atoms with E-state index in [1.54, 1.807) is 12.4 Å². The van der Waals surface area contributed by atoms with Crippen molar-refractivity contribution in [3.05, 3.63) is 24.5 Å². The first-order valence-electron chi connectivity index (χ1n) is 6.85. The molecule has 2 N–H and O–H groups in total. The fourth-order valence-corrected chi connectivity index (χ4v) is 2.38. The van der Waals surface area contributed by atoms with E-state index in [-0.39, 0.29) is 0 Å². The van der Waals surface area contributed by atoms with Crippen LogP contribution in [0.5, 0.6) is 0 Å². The fraction of sp³-hybridized carbons (Fsp3) is 0.500. The molecule has 20 heavy (non-hydrogen) atoms. The number of hydrogen-bond donors (Lipinski definition) is 2. The van der Waals surface area contributed by atoms with E-state index in [2.05, 4.69) is 20.5 Å². The molecule has 6 nitrogen and oxygen atoms in total. The molecule has 0 saturated carbocycles. The molecule has 0 aliphatic carbocycles. The smallest absolute Gasteiger partial charge is 0.309 e. The molecule has 108 valence electrons. The molecule has 2 amide bonds. The standard InChI is InChI=1S/C14H20N4O2/c1-15-13(19)14(20)17-10-11-4-8-18(9-5-11)12-2-6-16-7-3-12/h2-3,6-7,11H,4-5,8-10H2,1H3,(H,15,19)(H,17,20). The maximum absolute atomic E-state index is 11.4. The lowest BCUT2D eigenvalue weighted by molar-refractivity contribution is -0.139. The third kappa shape index (κ3) is 3.69. The Morgan fingerprint density at radius 1 is 1.25 bits per heavy atom. The quantitative estimate of drug-likeness (QED) is 0.771.